The van der Waals surface area contributed by atoms with E-state index in [1.165, 1.54) is 10.9 Å². The molecule has 1 aromatic carbocycles. The van der Waals surface area contributed by atoms with E-state index >= 15 is 0 Å². The highest BCUT2D eigenvalue weighted by molar-refractivity contribution is 5.94. The molecule has 7 nitrogen and oxygen atoms in total. The van der Waals surface area contributed by atoms with Crippen molar-refractivity contribution in [1.82, 2.24) is 20.3 Å². The smallest absolute Gasteiger partial charge is 0.326 e. The van der Waals surface area contributed by atoms with Gasteiger partial charge in [0.1, 0.15) is 6.04 Å². The zero-order valence-electron chi connectivity index (χ0n) is 12.4. The summed E-state index contributed by atoms with van der Waals surface area (Å²) in [7, 11) is 0. The Bertz CT molecular complexity index is 652. The summed E-state index contributed by atoms with van der Waals surface area (Å²) in [6.07, 6.45) is 1.83. The van der Waals surface area contributed by atoms with E-state index in [1.807, 2.05) is 44.2 Å². The average Bonchev–Trinajstić information content (AvgIpc) is 2.96. The Labute approximate surface area is 128 Å². The van der Waals surface area contributed by atoms with Gasteiger partial charge in [-0.1, -0.05) is 37.3 Å². The number of aromatic nitrogens is 3. The summed E-state index contributed by atoms with van der Waals surface area (Å²) in [5, 5.41) is 19.3. The summed E-state index contributed by atoms with van der Waals surface area (Å²) in [4.78, 5) is 23.3. The first-order valence-corrected chi connectivity index (χ1v) is 6.99. The van der Waals surface area contributed by atoms with Crippen molar-refractivity contribution in [2.45, 2.75) is 26.3 Å². The Hall–Kier alpha value is -2.70. The Kier molecular flexibility index (Phi) is 4.88. The van der Waals surface area contributed by atoms with Gasteiger partial charge in [-0.05, 0) is 24.5 Å². The molecule has 0 saturated carbocycles. The van der Waals surface area contributed by atoms with Crippen LogP contribution in [0.1, 0.15) is 30.8 Å². The van der Waals surface area contributed by atoms with Crippen molar-refractivity contribution < 1.29 is 14.7 Å². The van der Waals surface area contributed by atoms with Crippen LogP contribution in [0.3, 0.4) is 0 Å². The van der Waals surface area contributed by atoms with Crippen LogP contribution in [-0.4, -0.2) is 38.0 Å². The van der Waals surface area contributed by atoms with Crippen LogP contribution in [0.5, 0.6) is 0 Å². The van der Waals surface area contributed by atoms with Crippen LogP contribution in [-0.2, 0) is 4.79 Å². The van der Waals surface area contributed by atoms with Crippen LogP contribution < -0.4 is 5.32 Å². The number of hydrogen-bond acceptors (Lipinski definition) is 4. The van der Waals surface area contributed by atoms with E-state index in [2.05, 4.69) is 15.6 Å². The average molecular weight is 302 g/mol. The van der Waals surface area contributed by atoms with Gasteiger partial charge in [-0.2, -0.15) is 0 Å². The zero-order chi connectivity index (χ0) is 16.1. The SMILES string of the molecule is CC(C)C[C@@H](NC(=O)c1cn(-c2ccccc2)nn1)C(=O)O. The maximum atomic E-state index is 12.1. The maximum absolute atomic E-state index is 12.1. The summed E-state index contributed by atoms with van der Waals surface area (Å²) in [5.74, 6) is -1.45. The first kappa shape index (κ1) is 15.7. The van der Waals surface area contributed by atoms with Crippen LogP contribution >= 0.6 is 0 Å². The van der Waals surface area contributed by atoms with Crippen LogP contribution in [0.2, 0.25) is 0 Å². The van der Waals surface area contributed by atoms with Gasteiger partial charge in [-0.25, -0.2) is 9.48 Å². The Morgan fingerprint density at radius 1 is 1.27 bits per heavy atom. The number of aliphatic carboxylic acids is 1. The fraction of sp³-hybridized carbons (Fsp3) is 0.333. The molecular weight excluding hydrogens is 284 g/mol. The molecule has 1 aromatic heterocycles. The number of nitrogens with zero attached hydrogens (tertiary/aromatic N) is 3. The first-order chi connectivity index (χ1) is 10.5. The lowest BCUT2D eigenvalue weighted by Crippen LogP contribution is -2.41. The number of carbonyl (C=O) groups is 2. The molecule has 7 heteroatoms. The number of para-hydroxylation sites is 1. The molecule has 0 unspecified atom stereocenters. The minimum atomic E-state index is -1.06. The predicted molar refractivity (Wildman–Crippen MR) is 79.7 cm³/mol. The van der Waals surface area contributed by atoms with Gasteiger partial charge >= 0.3 is 5.97 Å². The standard InChI is InChI=1S/C15H18N4O3/c1-10(2)8-12(15(21)22)16-14(20)13-9-19(18-17-13)11-6-4-3-5-7-11/h3-7,9-10,12H,8H2,1-2H3,(H,16,20)(H,21,22)/t12-/m1/s1. The maximum Gasteiger partial charge on any atom is 0.326 e. The number of carbonyl (C=O) groups excluding carboxylic acids is 1. The third kappa shape index (κ3) is 3.91. The lowest BCUT2D eigenvalue weighted by atomic mass is 10.0. The highest BCUT2D eigenvalue weighted by Crippen LogP contribution is 2.08. The Morgan fingerprint density at radius 2 is 1.95 bits per heavy atom. The van der Waals surface area contributed by atoms with E-state index in [1.54, 1.807) is 0 Å². The van der Waals surface area contributed by atoms with Crippen LogP contribution in [0, 0.1) is 5.92 Å². The molecule has 0 aliphatic heterocycles. The number of hydrogen-bond donors (Lipinski definition) is 2. The van der Waals surface area contributed by atoms with E-state index < -0.39 is 17.9 Å². The highest BCUT2D eigenvalue weighted by Gasteiger charge is 2.23. The van der Waals surface area contributed by atoms with Crippen molar-refractivity contribution in [3.8, 4) is 5.69 Å². The lowest BCUT2D eigenvalue weighted by molar-refractivity contribution is -0.139. The molecule has 0 saturated heterocycles. The normalized spacial score (nSPS) is 12.1. The van der Waals surface area contributed by atoms with Gasteiger partial charge in [0.15, 0.2) is 5.69 Å². The molecule has 2 N–H and O–H groups in total. The second kappa shape index (κ2) is 6.84. The highest BCUT2D eigenvalue weighted by atomic mass is 16.4. The van der Waals surface area contributed by atoms with Gasteiger partial charge in [-0.3, -0.25) is 4.79 Å². The molecule has 1 heterocycles. The largest absolute Gasteiger partial charge is 0.480 e. The van der Waals surface area contributed by atoms with Crippen molar-refractivity contribution in [3.05, 3.63) is 42.2 Å². The molecule has 22 heavy (non-hydrogen) atoms. The molecule has 0 spiro atoms. The monoisotopic (exact) mass is 302 g/mol. The molecule has 0 aliphatic carbocycles. The second-order valence-electron chi connectivity index (χ2n) is 5.38. The summed E-state index contributed by atoms with van der Waals surface area (Å²) < 4.78 is 1.47. The minimum absolute atomic E-state index is 0.0823. The number of carboxylic acid groups (broad SMARTS) is 1. The second-order valence-corrected chi connectivity index (χ2v) is 5.38. The van der Waals surface area contributed by atoms with E-state index in [0.29, 0.717) is 6.42 Å². The quantitative estimate of drug-likeness (QED) is 0.842. The Balaban J connectivity index is 2.10. The molecule has 116 valence electrons. The Morgan fingerprint density at radius 3 is 2.55 bits per heavy atom. The fourth-order valence-electron chi connectivity index (χ4n) is 2.00. The summed E-state index contributed by atoms with van der Waals surface area (Å²) in [6.45, 7) is 3.79. The van der Waals surface area contributed by atoms with Crippen LogP contribution in [0.4, 0.5) is 0 Å². The summed E-state index contributed by atoms with van der Waals surface area (Å²) in [5.41, 5.74) is 0.852. The molecule has 0 fully saturated rings. The van der Waals surface area contributed by atoms with Crippen molar-refractivity contribution in [1.29, 1.82) is 0 Å². The van der Waals surface area contributed by atoms with Gasteiger partial charge in [0, 0.05) is 0 Å². The summed E-state index contributed by atoms with van der Waals surface area (Å²) in [6, 6.07) is 8.29. The van der Waals surface area contributed by atoms with Gasteiger partial charge in [0.25, 0.3) is 5.91 Å². The lowest BCUT2D eigenvalue weighted by Gasteiger charge is -2.15. The van der Waals surface area contributed by atoms with Gasteiger partial charge in [0.05, 0.1) is 11.9 Å². The van der Waals surface area contributed by atoms with Crippen molar-refractivity contribution in [2.75, 3.05) is 0 Å². The van der Waals surface area contributed by atoms with Crippen molar-refractivity contribution in [3.63, 3.8) is 0 Å². The number of amides is 1. The van der Waals surface area contributed by atoms with E-state index in [9.17, 15) is 9.59 Å². The van der Waals surface area contributed by atoms with Gasteiger partial charge < -0.3 is 10.4 Å². The fourth-order valence-corrected chi connectivity index (χ4v) is 2.00. The molecular formula is C15H18N4O3. The molecule has 1 atom stereocenters. The molecule has 1 amide bonds. The molecule has 0 bridgehead atoms. The first-order valence-electron chi connectivity index (χ1n) is 6.99. The van der Waals surface area contributed by atoms with E-state index in [0.717, 1.165) is 5.69 Å². The van der Waals surface area contributed by atoms with Gasteiger partial charge in [0.2, 0.25) is 0 Å². The van der Waals surface area contributed by atoms with Gasteiger partial charge in [-0.15, -0.1) is 5.10 Å². The number of nitrogens with one attached hydrogen (secondary N) is 1. The molecule has 0 aliphatic rings. The third-order valence-corrected chi connectivity index (χ3v) is 3.06. The van der Waals surface area contributed by atoms with Crippen molar-refractivity contribution in [2.24, 2.45) is 5.92 Å². The summed E-state index contributed by atoms with van der Waals surface area (Å²) >= 11 is 0. The van der Waals surface area contributed by atoms with Crippen LogP contribution in [0.15, 0.2) is 36.5 Å². The molecule has 2 aromatic rings. The minimum Gasteiger partial charge on any atom is -0.480 e. The third-order valence-electron chi connectivity index (χ3n) is 3.06. The van der Waals surface area contributed by atoms with Crippen LogP contribution in [0.25, 0.3) is 5.69 Å². The molecule has 2 rings (SSSR count). The van der Waals surface area contributed by atoms with E-state index in [4.69, 9.17) is 5.11 Å². The topological polar surface area (TPSA) is 97.1 Å². The number of rotatable bonds is 6. The van der Waals surface area contributed by atoms with Crippen molar-refractivity contribution >= 4 is 11.9 Å². The van der Waals surface area contributed by atoms with E-state index in [-0.39, 0.29) is 11.6 Å². The number of carboxylic acids is 1. The zero-order valence-corrected chi connectivity index (χ0v) is 12.4. The predicted octanol–water partition coefficient (Wildman–Crippen LogP) is 1.50. The number of benzene rings is 1. The molecule has 0 radical (unpaired) electrons.